The molecule has 0 saturated carbocycles. The molecule has 176 valence electrons. The van der Waals surface area contributed by atoms with Gasteiger partial charge in [-0.1, -0.05) is 54.6 Å². The highest BCUT2D eigenvalue weighted by Gasteiger charge is 2.18. The van der Waals surface area contributed by atoms with Crippen LogP contribution in [-0.4, -0.2) is 27.6 Å². The first-order valence-electron chi connectivity index (χ1n) is 11.1. The molecule has 7 heteroatoms. The van der Waals surface area contributed by atoms with E-state index in [4.69, 9.17) is 9.47 Å². The summed E-state index contributed by atoms with van der Waals surface area (Å²) >= 11 is 0. The lowest BCUT2D eigenvalue weighted by atomic mass is 9.96. The average Bonchev–Trinajstić information content (AvgIpc) is 2.91. The molecule has 0 fully saturated rings. The second-order valence-electron chi connectivity index (χ2n) is 8.07. The van der Waals surface area contributed by atoms with Crippen molar-refractivity contribution in [2.45, 2.75) is 11.4 Å². The summed E-state index contributed by atoms with van der Waals surface area (Å²) in [5.74, 6) is 1.29. The van der Waals surface area contributed by atoms with Gasteiger partial charge in [0.05, 0.1) is 19.1 Å². The van der Waals surface area contributed by atoms with E-state index in [0.29, 0.717) is 16.9 Å². The highest BCUT2D eigenvalue weighted by Crippen LogP contribution is 2.36. The molecule has 35 heavy (non-hydrogen) atoms. The third kappa shape index (κ3) is 4.32. The zero-order valence-electron chi connectivity index (χ0n) is 19.4. The second-order valence-corrected chi connectivity index (χ2v) is 9.80. The summed E-state index contributed by atoms with van der Waals surface area (Å²) < 4.78 is 40.1. The number of hydrogen-bond acceptors (Lipinski definition) is 5. The molecule has 1 N–H and O–H groups in total. The molecule has 1 aromatic heterocycles. The van der Waals surface area contributed by atoms with Crippen molar-refractivity contribution in [2.24, 2.45) is 0 Å². The highest BCUT2D eigenvalue weighted by atomic mass is 32.2. The third-order valence-electron chi connectivity index (χ3n) is 6.09. The van der Waals surface area contributed by atoms with Crippen LogP contribution in [0.5, 0.6) is 11.5 Å². The van der Waals surface area contributed by atoms with Crippen LogP contribution in [-0.2, 0) is 16.6 Å². The minimum atomic E-state index is -3.73. The number of aromatic nitrogens is 1. The number of hydrogen-bond donors (Lipinski definition) is 1. The number of benzene rings is 4. The molecule has 0 aliphatic heterocycles. The average molecular weight is 485 g/mol. The Kier molecular flexibility index (Phi) is 6.11. The normalized spacial score (nSPS) is 11.6. The van der Waals surface area contributed by atoms with Gasteiger partial charge in [-0.3, -0.25) is 4.98 Å². The first-order chi connectivity index (χ1) is 17.0. The van der Waals surface area contributed by atoms with E-state index in [1.165, 1.54) is 0 Å². The minimum Gasteiger partial charge on any atom is -0.493 e. The van der Waals surface area contributed by atoms with Gasteiger partial charge in [0.1, 0.15) is 0 Å². The maximum Gasteiger partial charge on any atom is 0.241 e. The summed E-state index contributed by atoms with van der Waals surface area (Å²) in [7, 11) is -0.524. The number of ether oxygens (including phenoxy) is 2. The first kappa shape index (κ1) is 22.8. The molecule has 1 heterocycles. The van der Waals surface area contributed by atoms with Crippen LogP contribution in [0.15, 0.2) is 96.2 Å². The topological polar surface area (TPSA) is 77.5 Å². The molecular weight excluding hydrogens is 460 g/mol. The van der Waals surface area contributed by atoms with Gasteiger partial charge < -0.3 is 9.47 Å². The van der Waals surface area contributed by atoms with Gasteiger partial charge in [-0.15, -0.1) is 0 Å². The van der Waals surface area contributed by atoms with E-state index in [2.05, 4.69) is 9.71 Å². The fraction of sp³-hybridized carbons (Fsp3) is 0.107. The third-order valence-corrected chi connectivity index (χ3v) is 7.55. The van der Waals surface area contributed by atoms with Gasteiger partial charge in [0, 0.05) is 29.7 Å². The smallest absolute Gasteiger partial charge is 0.241 e. The zero-order chi connectivity index (χ0) is 24.4. The summed E-state index contributed by atoms with van der Waals surface area (Å²) in [6, 6.07) is 24.4. The molecule has 0 aliphatic rings. The van der Waals surface area contributed by atoms with Crippen molar-refractivity contribution >= 4 is 31.6 Å². The van der Waals surface area contributed by atoms with Crippen LogP contribution in [0, 0.1) is 0 Å². The Labute approximate surface area is 204 Å². The van der Waals surface area contributed by atoms with Crippen LogP contribution in [0.3, 0.4) is 0 Å². The predicted octanol–water partition coefficient (Wildman–Crippen LogP) is 5.55. The first-order valence-corrected chi connectivity index (χ1v) is 12.6. The number of sulfonamides is 1. The van der Waals surface area contributed by atoms with E-state index in [1.54, 1.807) is 38.7 Å². The maximum atomic E-state index is 13.2. The molecule has 0 aliphatic carbocycles. The lowest BCUT2D eigenvalue weighted by Crippen LogP contribution is -2.23. The Balaban J connectivity index is 1.51. The van der Waals surface area contributed by atoms with E-state index >= 15 is 0 Å². The summed E-state index contributed by atoms with van der Waals surface area (Å²) in [6.45, 7) is 0.139. The van der Waals surface area contributed by atoms with Crippen LogP contribution in [0.2, 0.25) is 0 Å². The molecule has 4 aromatic carbocycles. The Bertz CT molecular complexity index is 1640. The van der Waals surface area contributed by atoms with E-state index in [-0.39, 0.29) is 11.4 Å². The summed E-state index contributed by atoms with van der Waals surface area (Å²) in [5, 5.41) is 3.41. The molecule has 5 aromatic rings. The SMILES string of the molecule is COc1ccc(-c2ccc(CNS(=O)(=O)c3cccc4ccccc34)c3cnccc23)cc1OC. The number of nitrogens with zero attached hydrogens (tertiary/aromatic N) is 1. The maximum absolute atomic E-state index is 13.2. The Morgan fingerprint density at radius 1 is 0.800 bits per heavy atom. The van der Waals surface area contributed by atoms with Gasteiger partial charge in [-0.2, -0.15) is 0 Å². The monoisotopic (exact) mass is 484 g/mol. The van der Waals surface area contributed by atoms with Gasteiger partial charge >= 0.3 is 0 Å². The minimum absolute atomic E-state index is 0.139. The Hall–Kier alpha value is -3.94. The van der Waals surface area contributed by atoms with Crippen molar-refractivity contribution in [3.63, 3.8) is 0 Å². The number of fused-ring (bicyclic) bond motifs is 2. The van der Waals surface area contributed by atoms with Crippen LogP contribution in [0.1, 0.15) is 5.56 Å². The standard InChI is InChI=1S/C28H24N2O4S/c1-33-26-13-11-20(16-27(26)34-2)22-12-10-21(25-18-29-15-14-24(22)25)17-30-35(31,32)28-9-5-7-19-6-3-4-8-23(19)28/h3-16,18,30H,17H2,1-2H3. The summed E-state index contributed by atoms with van der Waals surface area (Å²) in [4.78, 5) is 4.55. The van der Waals surface area contributed by atoms with Crippen molar-refractivity contribution < 1.29 is 17.9 Å². The van der Waals surface area contributed by atoms with Gasteiger partial charge in [0.25, 0.3) is 0 Å². The summed E-state index contributed by atoms with van der Waals surface area (Å²) in [6.07, 6.45) is 3.50. The highest BCUT2D eigenvalue weighted by molar-refractivity contribution is 7.89. The largest absolute Gasteiger partial charge is 0.493 e. The van der Waals surface area contributed by atoms with Crippen molar-refractivity contribution in [1.82, 2.24) is 9.71 Å². The zero-order valence-corrected chi connectivity index (χ0v) is 20.2. The van der Waals surface area contributed by atoms with E-state index in [0.717, 1.165) is 32.8 Å². The van der Waals surface area contributed by atoms with Gasteiger partial charge in [0.2, 0.25) is 10.0 Å². The molecular formula is C28H24N2O4S. The molecule has 0 amide bonds. The number of nitrogens with one attached hydrogen (secondary N) is 1. The molecule has 0 saturated heterocycles. The molecule has 0 radical (unpaired) electrons. The number of rotatable bonds is 7. The predicted molar refractivity (Wildman–Crippen MR) is 138 cm³/mol. The van der Waals surface area contributed by atoms with Crippen LogP contribution < -0.4 is 14.2 Å². The fourth-order valence-corrected chi connectivity index (χ4v) is 5.57. The van der Waals surface area contributed by atoms with Crippen LogP contribution >= 0.6 is 0 Å². The lowest BCUT2D eigenvalue weighted by molar-refractivity contribution is 0.355. The Morgan fingerprint density at radius 3 is 2.43 bits per heavy atom. The lowest BCUT2D eigenvalue weighted by Gasteiger charge is -2.14. The van der Waals surface area contributed by atoms with E-state index in [9.17, 15) is 8.42 Å². The van der Waals surface area contributed by atoms with Gasteiger partial charge in [-0.25, -0.2) is 13.1 Å². The van der Waals surface area contributed by atoms with E-state index < -0.39 is 10.0 Å². The molecule has 0 atom stereocenters. The molecule has 6 nitrogen and oxygen atoms in total. The molecule has 0 spiro atoms. The van der Waals surface area contributed by atoms with Crippen LogP contribution in [0.4, 0.5) is 0 Å². The molecule has 0 unspecified atom stereocenters. The van der Waals surface area contributed by atoms with Gasteiger partial charge in [-0.05, 0) is 51.7 Å². The fourth-order valence-electron chi connectivity index (χ4n) is 4.34. The van der Waals surface area contributed by atoms with E-state index in [1.807, 2.05) is 66.7 Å². The summed E-state index contributed by atoms with van der Waals surface area (Å²) in [5.41, 5.74) is 2.78. The van der Waals surface area contributed by atoms with Crippen molar-refractivity contribution in [2.75, 3.05) is 14.2 Å². The number of methoxy groups -OCH3 is 2. The number of pyridine rings is 1. The Morgan fingerprint density at radius 2 is 1.60 bits per heavy atom. The van der Waals surface area contributed by atoms with Crippen molar-refractivity contribution in [3.05, 3.63) is 96.8 Å². The van der Waals surface area contributed by atoms with Crippen molar-refractivity contribution in [3.8, 4) is 22.6 Å². The molecule has 0 bridgehead atoms. The van der Waals surface area contributed by atoms with Crippen molar-refractivity contribution in [1.29, 1.82) is 0 Å². The molecule has 5 rings (SSSR count). The quantitative estimate of drug-likeness (QED) is 0.328. The van der Waals surface area contributed by atoms with Gasteiger partial charge in [0.15, 0.2) is 11.5 Å². The van der Waals surface area contributed by atoms with Crippen LogP contribution in [0.25, 0.3) is 32.7 Å². The second kappa shape index (κ2) is 9.37.